The van der Waals surface area contributed by atoms with Gasteiger partial charge in [0.05, 0.1) is 13.8 Å². The van der Waals surface area contributed by atoms with Crippen molar-refractivity contribution in [1.82, 2.24) is 0 Å². The first-order valence-corrected chi connectivity index (χ1v) is 13.4. The second kappa shape index (κ2) is 8.37. The van der Waals surface area contributed by atoms with E-state index >= 15 is 0 Å². The summed E-state index contributed by atoms with van der Waals surface area (Å²) in [5.41, 5.74) is 0.818. The van der Waals surface area contributed by atoms with Crippen molar-refractivity contribution >= 4 is 22.0 Å². The van der Waals surface area contributed by atoms with E-state index < -0.39 is 16.3 Å². The third-order valence-electron chi connectivity index (χ3n) is 5.48. The zero-order valence-electron chi connectivity index (χ0n) is 14.2. The van der Waals surface area contributed by atoms with Gasteiger partial charge in [0.25, 0.3) is 0 Å². The fraction of sp³-hybridized carbons (Fsp3) is 0.933. The lowest BCUT2D eigenvalue weighted by molar-refractivity contribution is 0.303. The van der Waals surface area contributed by atoms with Gasteiger partial charge in [-0.1, -0.05) is 59.7 Å². The molecule has 0 spiro atoms. The third-order valence-corrected chi connectivity index (χ3v) is 16.1. The summed E-state index contributed by atoms with van der Waals surface area (Å²) < 4.78 is 5.11. The Bertz CT molecular complexity index is 267. The fourth-order valence-corrected chi connectivity index (χ4v) is 9.78. The number of aliphatic hydroxyl groups is 1. The predicted octanol–water partition coefficient (Wildman–Crippen LogP) is 4.86. The van der Waals surface area contributed by atoms with Gasteiger partial charge >= 0.3 is 0 Å². The molecule has 0 fully saturated rings. The quantitative estimate of drug-likeness (QED) is 0.478. The Balaban J connectivity index is 5.32. The van der Waals surface area contributed by atoms with Crippen LogP contribution in [0.2, 0.25) is 36.3 Å². The van der Waals surface area contributed by atoms with Gasteiger partial charge in [0.1, 0.15) is 0 Å². The molecule has 0 aromatic carbocycles. The summed E-state index contributed by atoms with van der Waals surface area (Å²) in [6.45, 7) is 15.6. The molecule has 0 aliphatic rings. The van der Waals surface area contributed by atoms with Gasteiger partial charge in [-0.2, -0.15) is 0 Å². The van der Waals surface area contributed by atoms with Crippen molar-refractivity contribution < 1.29 is 5.11 Å². The molecule has 0 saturated carbocycles. The maximum absolute atomic E-state index is 10.8. The summed E-state index contributed by atoms with van der Waals surface area (Å²) in [6.07, 6.45) is 0. The molecule has 2 nitrogen and oxygen atoms in total. The average Bonchev–Trinajstić information content (AvgIpc) is 2.47. The highest BCUT2D eigenvalue weighted by atomic mass is 28.3. The van der Waals surface area contributed by atoms with E-state index in [-0.39, 0.29) is 5.73 Å². The Hall–Kier alpha value is 0.0638. The average molecular weight is 302 g/mol. The highest BCUT2D eigenvalue weighted by Crippen LogP contribution is 2.28. The van der Waals surface area contributed by atoms with E-state index in [2.05, 4.69) is 48.5 Å². The van der Waals surface area contributed by atoms with Crippen molar-refractivity contribution in [3.8, 4) is 0 Å². The van der Waals surface area contributed by atoms with Crippen molar-refractivity contribution in [2.45, 2.75) is 90.5 Å². The van der Waals surface area contributed by atoms with Gasteiger partial charge < -0.3 is 9.76 Å². The fourth-order valence-electron chi connectivity index (χ4n) is 3.20. The summed E-state index contributed by atoms with van der Waals surface area (Å²) in [7, 11) is -3.09. The second-order valence-electron chi connectivity index (χ2n) is 5.86. The third kappa shape index (κ3) is 4.26. The second-order valence-corrected chi connectivity index (χ2v) is 16.1. The maximum atomic E-state index is 10.8. The number of nitrogens with zero attached hydrogens (tertiary/aromatic N) is 1. The minimum absolute atomic E-state index is 0.232. The smallest absolute Gasteiger partial charge is 0.180 e. The van der Waals surface area contributed by atoms with Gasteiger partial charge in [0.2, 0.25) is 0 Å². The summed E-state index contributed by atoms with van der Waals surface area (Å²) in [4.78, 5) is 0. The van der Waals surface area contributed by atoms with Gasteiger partial charge in [-0.25, -0.2) is 0 Å². The maximum Gasteiger partial charge on any atom is 0.180 e. The molecule has 0 aliphatic carbocycles. The molecule has 0 aliphatic heterocycles. The summed E-state index contributed by atoms with van der Waals surface area (Å²) in [6, 6.07) is 7.07. The lowest BCUT2D eigenvalue weighted by Crippen LogP contribution is -2.50. The summed E-state index contributed by atoms with van der Waals surface area (Å²) in [5, 5.41) is 10.8. The normalized spacial score (nSPS) is 15.7. The molecule has 114 valence electrons. The summed E-state index contributed by atoms with van der Waals surface area (Å²) in [5.74, 6) is 0. The Labute approximate surface area is 122 Å². The predicted molar refractivity (Wildman–Crippen MR) is 93.5 cm³/mol. The number of rotatable bonds is 9. The lowest BCUT2D eigenvalue weighted by atomic mass is 10.5. The minimum atomic E-state index is -1.57. The van der Waals surface area contributed by atoms with Crippen LogP contribution in [0, 0.1) is 0 Å². The number of aliphatic hydroxyl groups excluding tert-OH is 1. The number of hydrogen-bond acceptors (Lipinski definition) is 2. The van der Waals surface area contributed by atoms with Crippen molar-refractivity contribution in [2.75, 3.05) is 0 Å². The van der Waals surface area contributed by atoms with Crippen LogP contribution in [0.5, 0.6) is 0 Å². The Morgan fingerprint density at radius 2 is 1.21 bits per heavy atom. The van der Waals surface area contributed by atoms with Crippen LogP contribution in [0.25, 0.3) is 0 Å². The largest absolute Gasteiger partial charge is 0.391 e. The van der Waals surface area contributed by atoms with E-state index in [1.807, 2.05) is 0 Å². The van der Waals surface area contributed by atoms with Crippen LogP contribution in [0.15, 0.2) is 4.66 Å². The standard InChI is InChI=1S/C15H35NOSi2/c1-8-18(9-2,10-3)15(17)14(7)16-19(11-4,12-5)13-6/h15,17H,8-13H2,1-7H3. The van der Waals surface area contributed by atoms with Gasteiger partial charge in [-0.3, -0.25) is 0 Å². The number of hydrogen-bond donors (Lipinski definition) is 1. The Morgan fingerprint density at radius 1 is 0.842 bits per heavy atom. The van der Waals surface area contributed by atoms with Crippen molar-refractivity contribution in [1.29, 1.82) is 0 Å². The molecule has 1 atom stereocenters. The first-order valence-electron chi connectivity index (χ1n) is 8.15. The van der Waals surface area contributed by atoms with Crippen LogP contribution in [0.3, 0.4) is 0 Å². The molecule has 0 saturated heterocycles. The molecule has 0 bridgehead atoms. The Morgan fingerprint density at radius 3 is 1.47 bits per heavy atom. The van der Waals surface area contributed by atoms with Crippen molar-refractivity contribution in [2.24, 2.45) is 4.66 Å². The lowest BCUT2D eigenvalue weighted by Gasteiger charge is -2.35. The highest BCUT2D eigenvalue weighted by molar-refractivity contribution is 6.85. The van der Waals surface area contributed by atoms with Crippen LogP contribution < -0.4 is 0 Å². The molecule has 19 heavy (non-hydrogen) atoms. The van der Waals surface area contributed by atoms with Crippen LogP contribution in [-0.2, 0) is 0 Å². The van der Waals surface area contributed by atoms with E-state index in [4.69, 9.17) is 4.66 Å². The summed E-state index contributed by atoms with van der Waals surface area (Å²) >= 11 is 0. The molecule has 0 radical (unpaired) electrons. The molecule has 0 heterocycles. The Kier molecular flexibility index (Phi) is 8.40. The van der Waals surface area contributed by atoms with Crippen molar-refractivity contribution in [3.05, 3.63) is 0 Å². The molecule has 0 amide bonds. The van der Waals surface area contributed by atoms with Crippen LogP contribution >= 0.6 is 0 Å². The molecular formula is C15H35NOSi2. The van der Waals surface area contributed by atoms with Gasteiger partial charge in [-0.15, -0.1) is 0 Å². The van der Waals surface area contributed by atoms with Crippen LogP contribution in [0.4, 0.5) is 0 Å². The topological polar surface area (TPSA) is 32.6 Å². The SMILES string of the molecule is CC[Si](CC)(CC)N=C(C)C(O)[Si](CC)(CC)CC. The van der Waals surface area contributed by atoms with Crippen LogP contribution in [0.1, 0.15) is 48.5 Å². The molecule has 0 rings (SSSR count). The molecule has 1 N–H and O–H groups in total. The van der Waals surface area contributed by atoms with Crippen LogP contribution in [-0.4, -0.2) is 32.9 Å². The molecular weight excluding hydrogens is 266 g/mol. The highest BCUT2D eigenvalue weighted by Gasteiger charge is 2.38. The van der Waals surface area contributed by atoms with E-state index in [1.165, 1.54) is 18.1 Å². The molecule has 0 aromatic heterocycles. The van der Waals surface area contributed by atoms with E-state index in [0.29, 0.717) is 0 Å². The van der Waals surface area contributed by atoms with Gasteiger partial charge in [0.15, 0.2) is 8.24 Å². The van der Waals surface area contributed by atoms with Gasteiger partial charge in [-0.05, 0) is 25.1 Å². The van der Waals surface area contributed by atoms with E-state index in [9.17, 15) is 5.11 Å². The van der Waals surface area contributed by atoms with Crippen molar-refractivity contribution in [3.63, 3.8) is 0 Å². The zero-order valence-corrected chi connectivity index (χ0v) is 16.2. The molecule has 1 unspecified atom stereocenters. The zero-order chi connectivity index (χ0) is 15.1. The molecule has 4 heteroatoms. The first kappa shape index (κ1) is 19.1. The monoisotopic (exact) mass is 301 g/mol. The molecule has 0 aromatic rings. The van der Waals surface area contributed by atoms with E-state index in [0.717, 1.165) is 23.8 Å². The minimum Gasteiger partial charge on any atom is -0.391 e. The first-order chi connectivity index (χ1) is 8.90. The van der Waals surface area contributed by atoms with Gasteiger partial charge in [0, 0.05) is 5.71 Å². The van der Waals surface area contributed by atoms with E-state index in [1.54, 1.807) is 0 Å².